The highest BCUT2D eigenvalue weighted by Crippen LogP contribution is 2.09. The third-order valence-corrected chi connectivity index (χ3v) is 2.27. The Labute approximate surface area is 90.0 Å². The lowest BCUT2D eigenvalue weighted by molar-refractivity contribution is 0.0947. The molecule has 1 amide bonds. The zero-order chi connectivity index (χ0) is 10.6. The molecule has 4 N–H and O–H groups in total. The van der Waals surface area contributed by atoms with Crippen molar-refractivity contribution >= 4 is 34.8 Å². The van der Waals surface area contributed by atoms with Crippen molar-refractivity contribution in [1.82, 2.24) is 20.4 Å². The Morgan fingerprint density at radius 3 is 2.93 bits per heavy atom. The second-order valence-corrected chi connectivity index (χ2v) is 3.54. The maximum Gasteiger partial charge on any atom is 0.283 e. The molecular formula is C6H9N5OS2. The van der Waals surface area contributed by atoms with Gasteiger partial charge < -0.3 is 5.73 Å². The summed E-state index contributed by atoms with van der Waals surface area (Å²) < 4.78 is 3.68. The van der Waals surface area contributed by atoms with Crippen molar-refractivity contribution in [2.24, 2.45) is 5.73 Å². The van der Waals surface area contributed by atoms with Crippen molar-refractivity contribution in [2.75, 3.05) is 0 Å². The molecule has 6 nitrogen and oxygen atoms in total. The number of hydrogen-bond acceptors (Lipinski definition) is 5. The van der Waals surface area contributed by atoms with Crippen LogP contribution in [0.3, 0.4) is 0 Å². The Morgan fingerprint density at radius 1 is 1.64 bits per heavy atom. The zero-order valence-electron chi connectivity index (χ0n) is 7.40. The average Bonchev–Trinajstić information content (AvgIpc) is 2.61. The molecule has 0 aliphatic heterocycles. The molecule has 1 heterocycles. The molecule has 0 aliphatic rings. The molecule has 0 spiro atoms. The van der Waals surface area contributed by atoms with Gasteiger partial charge in [-0.3, -0.25) is 15.6 Å². The third kappa shape index (κ3) is 2.60. The number of nitrogens with zero attached hydrogens (tertiary/aromatic N) is 2. The van der Waals surface area contributed by atoms with Crippen LogP contribution in [0.25, 0.3) is 0 Å². The van der Waals surface area contributed by atoms with Crippen LogP contribution in [0, 0.1) is 0 Å². The Hall–Kier alpha value is -1.28. The number of nitrogens with one attached hydrogen (secondary N) is 2. The van der Waals surface area contributed by atoms with E-state index in [1.807, 2.05) is 6.92 Å². The molecule has 0 bridgehead atoms. The molecule has 0 saturated carbocycles. The van der Waals surface area contributed by atoms with Gasteiger partial charge in [0.05, 0.1) is 5.69 Å². The molecule has 1 aromatic rings. The van der Waals surface area contributed by atoms with Gasteiger partial charge in [0.2, 0.25) is 0 Å². The van der Waals surface area contributed by atoms with Crippen LogP contribution in [0.5, 0.6) is 0 Å². The number of amides is 1. The van der Waals surface area contributed by atoms with E-state index in [0.29, 0.717) is 17.0 Å². The van der Waals surface area contributed by atoms with Crippen LogP contribution in [0.2, 0.25) is 0 Å². The molecule has 0 radical (unpaired) electrons. The summed E-state index contributed by atoms with van der Waals surface area (Å²) in [4.78, 5) is 11.9. The van der Waals surface area contributed by atoms with Crippen LogP contribution in [-0.4, -0.2) is 20.6 Å². The maximum atomic E-state index is 11.4. The first-order valence-corrected chi connectivity index (χ1v) is 5.00. The lowest BCUT2D eigenvalue weighted by Gasteiger charge is -2.04. The third-order valence-electron chi connectivity index (χ3n) is 1.40. The quantitative estimate of drug-likeness (QED) is 0.473. The molecule has 1 rings (SSSR count). The van der Waals surface area contributed by atoms with Crippen molar-refractivity contribution < 1.29 is 4.79 Å². The number of aryl methyl sites for hydroxylation is 1. The monoisotopic (exact) mass is 231 g/mol. The molecule has 0 saturated heterocycles. The Morgan fingerprint density at radius 2 is 2.36 bits per heavy atom. The summed E-state index contributed by atoms with van der Waals surface area (Å²) in [5, 5.41) is 3.81. The molecule has 8 heteroatoms. The van der Waals surface area contributed by atoms with Gasteiger partial charge in [0.25, 0.3) is 5.91 Å². The predicted molar refractivity (Wildman–Crippen MR) is 56.7 cm³/mol. The van der Waals surface area contributed by atoms with Crippen molar-refractivity contribution in [3.8, 4) is 0 Å². The van der Waals surface area contributed by atoms with Gasteiger partial charge in [-0.2, -0.15) is 0 Å². The molecule has 0 unspecified atom stereocenters. The summed E-state index contributed by atoms with van der Waals surface area (Å²) in [7, 11) is 0. The van der Waals surface area contributed by atoms with Gasteiger partial charge in [0.15, 0.2) is 5.11 Å². The minimum Gasteiger partial charge on any atom is -0.375 e. The van der Waals surface area contributed by atoms with Gasteiger partial charge in [-0.05, 0) is 30.2 Å². The van der Waals surface area contributed by atoms with E-state index in [2.05, 4.69) is 32.7 Å². The van der Waals surface area contributed by atoms with Crippen LogP contribution >= 0.6 is 23.8 Å². The van der Waals surface area contributed by atoms with Gasteiger partial charge in [0.1, 0.15) is 4.88 Å². The van der Waals surface area contributed by atoms with Gasteiger partial charge in [-0.25, -0.2) is 0 Å². The van der Waals surface area contributed by atoms with Crippen LogP contribution in [0.1, 0.15) is 22.3 Å². The topological polar surface area (TPSA) is 92.9 Å². The van der Waals surface area contributed by atoms with Gasteiger partial charge in [0, 0.05) is 0 Å². The number of carbonyl (C=O) groups is 1. The number of thiocarbonyl (C=S) groups is 1. The number of hydrogen-bond donors (Lipinski definition) is 3. The number of nitrogens with two attached hydrogens (primary N) is 1. The van der Waals surface area contributed by atoms with Gasteiger partial charge in [-0.1, -0.05) is 11.4 Å². The van der Waals surface area contributed by atoms with Crippen molar-refractivity contribution in [3.05, 3.63) is 10.6 Å². The summed E-state index contributed by atoms with van der Waals surface area (Å²) in [5.74, 6) is -0.329. The lowest BCUT2D eigenvalue weighted by atomic mass is 10.3. The highest BCUT2D eigenvalue weighted by molar-refractivity contribution is 7.80. The molecule has 0 atom stereocenters. The minimum absolute atomic E-state index is 0.00822. The number of hydrazine groups is 1. The Kier molecular flexibility index (Phi) is 3.72. The smallest absolute Gasteiger partial charge is 0.283 e. The van der Waals surface area contributed by atoms with E-state index in [1.165, 1.54) is 0 Å². The average molecular weight is 231 g/mol. The molecule has 0 aliphatic carbocycles. The Balaban J connectivity index is 2.64. The summed E-state index contributed by atoms with van der Waals surface area (Å²) in [6.07, 6.45) is 0.659. The normalized spacial score (nSPS) is 9.50. The largest absolute Gasteiger partial charge is 0.375 e. The van der Waals surface area contributed by atoms with E-state index in [1.54, 1.807) is 0 Å². The number of aromatic nitrogens is 2. The highest BCUT2D eigenvalue weighted by Gasteiger charge is 2.14. The van der Waals surface area contributed by atoms with Crippen molar-refractivity contribution in [1.29, 1.82) is 0 Å². The second kappa shape index (κ2) is 4.82. The predicted octanol–water partition coefficient (Wildman–Crippen LogP) is -0.422. The number of carbonyl (C=O) groups excluding carboxylic acids is 1. The van der Waals surface area contributed by atoms with Gasteiger partial charge >= 0.3 is 0 Å². The number of rotatable bonds is 2. The van der Waals surface area contributed by atoms with Crippen LogP contribution in [-0.2, 0) is 6.42 Å². The van der Waals surface area contributed by atoms with Crippen LogP contribution < -0.4 is 16.6 Å². The summed E-state index contributed by atoms with van der Waals surface area (Å²) in [6.45, 7) is 1.90. The second-order valence-electron chi connectivity index (χ2n) is 2.35. The van der Waals surface area contributed by atoms with Crippen LogP contribution in [0.4, 0.5) is 0 Å². The lowest BCUT2D eigenvalue weighted by Crippen LogP contribution is -2.44. The van der Waals surface area contributed by atoms with E-state index in [0.717, 1.165) is 11.5 Å². The highest BCUT2D eigenvalue weighted by atomic mass is 32.1. The first kappa shape index (κ1) is 10.8. The minimum atomic E-state index is -0.329. The van der Waals surface area contributed by atoms with Crippen molar-refractivity contribution in [3.63, 3.8) is 0 Å². The van der Waals surface area contributed by atoms with Crippen molar-refractivity contribution in [2.45, 2.75) is 13.3 Å². The Bertz CT molecular complexity index is 350. The van der Waals surface area contributed by atoms with Crippen LogP contribution in [0.15, 0.2) is 0 Å². The maximum absolute atomic E-state index is 11.4. The van der Waals surface area contributed by atoms with E-state index in [9.17, 15) is 4.79 Å². The fourth-order valence-corrected chi connectivity index (χ4v) is 1.48. The summed E-state index contributed by atoms with van der Waals surface area (Å²) >= 11 is 5.57. The SMILES string of the molecule is CCc1nnsc1C(=O)NNC(N)=S. The van der Waals surface area contributed by atoms with E-state index < -0.39 is 0 Å². The summed E-state index contributed by atoms with van der Waals surface area (Å²) in [6, 6.07) is 0. The zero-order valence-corrected chi connectivity index (χ0v) is 9.04. The molecule has 0 aromatic carbocycles. The van der Waals surface area contributed by atoms with E-state index >= 15 is 0 Å². The standard InChI is InChI=1S/C6H9N5OS2/c1-2-3-4(14-11-8-3)5(12)9-10-6(7)13/h2H2,1H3,(H,9,12)(H3,7,10,13). The van der Waals surface area contributed by atoms with E-state index in [-0.39, 0.29) is 11.0 Å². The fourth-order valence-electron chi connectivity index (χ4n) is 0.788. The first-order chi connectivity index (χ1) is 6.65. The molecule has 0 fully saturated rings. The molecule has 14 heavy (non-hydrogen) atoms. The summed E-state index contributed by atoms with van der Waals surface area (Å²) in [5.41, 5.74) is 10.5. The van der Waals surface area contributed by atoms with Gasteiger partial charge in [-0.15, -0.1) is 5.10 Å². The fraction of sp³-hybridized carbons (Fsp3) is 0.333. The first-order valence-electron chi connectivity index (χ1n) is 3.82. The molecule has 1 aromatic heterocycles. The molecule has 76 valence electrons. The van der Waals surface area contributed by atoms with E-state index in [4.69, 9.17) is 5.73 Å². The molecular weight excluding hydrogens is 222 g/mol.